The van der Waals surface area contributed by atoms with Crippen LogP contribution in [0.15, 0.2) is 54.6 Å². The van der Waals surface area contributed by atoms with Crippen LogP contribution in [0.2, 0.25) is 0 Å². The molecule has 0 saturated carbocycles. The van der Waals surface area contributed by atoms with Crippen LogP contribution in [0.5, 0.6) is 0 Å². The van der Waals surface area contributed by atoms with Crippen LogP contribution >= 0.6 is 0 Å². The van der Waals surface area contributed by atoms with Crippen molar-refractivity contribution in [2.24, 2.45) is 0 Å². The summed E-state index contributed by atoms with van der Waals surface area (Å²) in [7, 11) is 0. The Morgan fingerprint density at radius 3 is 2.36 bits per heavy atom. The molecule has 0 saturated heterocycles. The quantitative estimate of drug-likeness (QED) is 0.932. The fraction of sp³-hybridized carbons (Fsp3) is 0.400. The zero-order valence-electron chi connectivity index (χ0n) is 13.7. The first-order valence-corrected chi connectivity index (χ1v) is 8.02. The lowest BCUT2D eigenvalue weighted by atomic mass is 9.72. The van der Waals surface area contributed by atoms with Gasteiger partial charge >= 0.3 is 0 Å². The number of nitrogens with zero attached hydrogens (tertiary/aromatic N) is 1. The predicted octanol–water partition coefficient (Wildman–Crippen LogP) is 3.73. The van der Waals surface area contributed by atoms with Crippen molar-refractivity contribution in [2.45, 2.75) is 44.9 Å². The Morgan fingerprint density at radius 2 is 1.68 bits per heavy atom. The highest BCUT2D eigenvalue weighted by Crippen LogP contribution is 2.43. The Labute approximate surface area is 133 Å². The van der Waals surface area contributed by atoms with Gasteiger partial charge in [0.25, 0.3) is 0 Å². The summed E-state index contributed by atoms with van der Waals surface area (Å²) < 4.78 is 0. The lowest BCUT2D eigenvalue weighted by Gasteiger charge is -2.52. The Balaban J connectivity index is 2.04. The number of benzene rings is 2. The van der Waals surface area contributed by atoms with E-state index < -0.39 is 11.1 Å². The minimum absolute atomic E-state index is 0.391. The van der Waals surface area contributed by atoms with Crippen LogP contribution in [0, 0.1) is 0 Å². The second kappa shape index (κ2) is 5.53. The smallest absolute Gasteiger partial charge is 0.0813 e. The average Bonchev–Trinajstić information content (AvgIpc) is 2.50. The molecule has 1 atom stereocenters. The van der Waals surface area contributed by atoms with Gasteiger partial charge in [0, 0.05) is 13.1 Å². The molecule has 1 aliphatic heterocycles. The van der Waals surface area contributed by atoms with Crippen LogP contribution in [0.3, 0.4) is 0 Å². The highest BCUT2D eigenvalue weighted by atomic mass is 16.3. The third-order valence-corrected chi connectivity index (χ3v) is 5.23. The highest BCUT2D eigenvalue weighted by Gasteiger charge is 2.48. The van der Waals surface area contributed by atoms with Crippen molar-refractivity contribution in [3.8, 4) is 0 Å². The van der Waals surface area contributed by atoms with Gasteiger partial charge in [-0.3, -0.25) is 4.90 Å². The summed E-state index contributed by atoms with van der Waals surface area (Å²) in [5.41, 5.74) is 2.69. The molecule has 22 heavy (non-hydrogen) atoms. The van der Waals surface area contributed by atoms with Gasteiger partial charge in [-0.25, -0.2) is 0 Å². The molecule has 3 rings (SSSR count). The first-order valence-electron chi connectivity index (χ1n) is 8.02. The van der Waals surface area contributed by atoms with E-state index in [4.69, 9.17) is 0 Å². The van der Waals surface area contributed by atoms with E-state index >= 15 is 0 Å². The molecule has 0 amide bonds. The third-order valence-electron chi connectivity index (χ3n) is 5.23. The van der Waals surface area contributed by atoms with Crippen LogP contribution in [0.4, 0.5) is 0 Å². The molecule has 2 aromatic carbocycles. The van der Waals surface area contributed by atoms with Gasteiger partial charge in [-0.15, -0.1) is 0 Å². The number of aliphatic hydroxyl groups is 1. The highest BCUT2D eigenvalue weighted by molar-refractivity contribution is 5.38. The van der Waals surface area contributed by atoms with Crippen molar-refractivity contribution < 1.29 is 5.11 Å². The predicted molar refractivity (Wildman–Crippen MR) is 90.6 cm³/mol. The number of hydrogen-bond acceptors (Lipinski definition) is 2. The minimum Gasteiger partial charge on any atom is -0.388 e. The number of hydrogen-bond donors (Lipinski definition) is 1. The summed E-state index contributed by atoms with van der Waals surface area (Å²) in [4.78, 5) is 2.42. The normalized spacial score (nSPS) is 22.4. The van der Waals surface area contributed by atoms with Gasteiger partial charge in [0.1, 0.15) is 0 Å². The van der Waals surface area contributed by atoms with E-state index in [0.717, 1.165) is 19.5 Å². The number of fused-ring (bicyclic) bond motifs is 1. The SMILES string of the molecule is CC(C)(O)C1(C)c2ccccc2CCN1Cc1ccccc1. The van der Waals surface area contributed by atoms with Crippen molar-refractivity contribution in [3.63, 3.8) is 0 Å². The zero-order chi connectivity index (χ0) is 15.8. The van der Waals surface area contributed by atoms with Gasteiger partial charge in [0.2, 0.25) is 0 Å². The topological polar surface area (TPSA) is 23.5 Å². The van der Waals surface area contributed by atoms with Gasteiger partial charge in [0.15, 0.2) is 0 Å². The molecule has 0 spiro atoms. The van der Waals surface area contributed by atoms with E-state index in [0.29, 0.717) is 0 Å². The van der Waals surface area contributed by atoms with Gasteiger partial charge in [-0.05, 0) is 43.9 Å². The Hall–Kier alpha value is -1.64. The second-order valence-corrected chi connectivity index (χ2v) is 6.95. The third kappa shape index (κ3) is 2.47. The fourth-order valence-corrected chi connectivity index (χ4v) is 3.62. The van der Waals surface area contributed by atoms with E-state index in [-0.39, 0.29) is 0 Å². The summed E-state index contributed by atoms with van der Waals surface area (Å²) in [5.74, 6) is 0. The summed E-state index contributed by atoms with van der Waals surface area (Å²) in [6.45, 7) is 7.84. The number of rotatable bonds is 3. The first-order chi connectivity index (χ1) is 10.4. The van der Waals surface area contributed by atoms with E-state index in [1.54, 1.807) is 0 Å². The van der Waals surface area contributed by atoms with Crippen molar-refractivity contribution >= 4 is 0 Å². The van der Waals surface area contributed by atoms with Gasteiger partial charge in [-0.1, -0.05) is 54.6 Å². The summed E-state index contributed by atoms with van der Waals surface area (Å²) in [5, 5.41) is 11.0. The van der Waals surface area contributed by atoms with E-state index in [9.17, 15) is 5.11 Å². The van der Waals surface area contributed by atoms with Gasteiger partial charge in [-0.2, -0.15) is 0 Å². The molecule has 0 fully saturated rings. The van der Waals surface area contributed by atoms with Crippen molar-refractivity contribution in [1.29, 1.82) is 0 Å². The molecule has 2 nitrogen and oxygen atoms in total. The van der Waals surface area contributed by atoms with Crippen LogP contribution in [-0.4, -0.2) is 22.2 Å². The molecule has 2 heteroatoms. The summed E-state index contributed by atoms with van der Waals surface area (Å²) in [6, 6.07) is 19.1. The molecular weight excluding hydrogens is 270 g/mol. The molecule has 0 aromatic heterocycles. The Kier molecular flexibility index (Phi) is 3.84. The van der Waals surface area contributed by atoms with Crippen LogP contribution < -0.4 is 0 Å². The second-order valence-electron chi connectivity index (χ2n) is 6.95. The molecular formula is C20H25NO. The fourth-order valence-electron chi connectivity index (χ4n) is 3.62. The van der Waals surface area contributed by atoms with Crippen LogP contribution in [0.25, 0.3) is 0 Å². The van der Waals surface area contributed by atoms with E-state index in [1.165, 1.54) is 16.7 Å². The van der Waals surface area contributed by atoms with Crippen molar-refractivity contribution in [3.05, 3.63) is 71.3 Å². The van der Waals surface area contributed by atoms with Crippen LogP contribution in [-0.2, 0) is 18.5 Å². The zero-order valence-corrected chi connectivity index (χ0v) is 13.7. The van der Waals surface area contributed by atoms with Crippen molar-refractivity contribution in [2.75, 3.05) is 6.54 Å². The molecule has 0 aliphatic carbocycles. The van der Waals surface area contributed by atoms with E-state index in [2.05, 4.69) is 60.4 Å². The van der Waals surface area contributed by atoms with E-state index in [1.807, 2.05) is 19.9 Å². The lowest BCUT2D eigenvalue weighted by Crippen LogP contribution is -2.59. The first kappa shape index (κ1) is 15.3. The molecule has 1 N–H and O–H groups in total. The monoisotopic (exact) mass is 295 g/mol. The average molecular weight is 295 g/mol. The molecule has 116 valence electrons. The lowest BCUT2D eigenvalue weighted by molar-refractivity contribution is -0.0967. The van der Waals surface area contributed by atoms with Crippen molar-refractivity contribution in [1.82, 2.24) is 4.90 Å². The molecule has 0 bridgehead atoms. The van der Waals surface area contributed by atoms with Crippen LogP contribution in [0.1, 0.15) is 37.5 Å². The Bertz CT molecular complexity index is 644. The maximum atomic E-state index is 11.0. The largest absolute Gasteiger partial charge is 0.388 e. The van der Waals surface area contributed by atoms with Gasteiger partial charge < -0.3 is 5.11 Å². The van der Waals surface area contributed by atoms with Gasteiger partial charge in [0.05, 0.1) is 11.1 Å². The maximum Gasteiger partial charge on any atom is 0.0813 e. The standard InChI is InChI=1S/C20H25NO/c1-19(2,22)20(3)18-12-8-7-11-17(18)13-14-21(20)15-16-9-5-4-6-10-16/h4-12,22H,13-15H2,1-3H3. The summed E-state index contributed by atoms with van der Waals surface area (Å²) >= 11 is 0. The summed E-state index contributed by atoms with van der Waals surface area (Å²) in [6.07, 6.45) is 1.04. The molecule has 1 heterocycles. The minimum atomic E-state index is -0.821. The molecule has 2 aromatic rings. The molecule has 1 aliphatic rings. The Morgan fingerprint density at radius 1 is 1.05 bits per heavy atom. The molecule has 1 unspecified atom stereocenters. The maximum absolute atomic E-state index is 11.0. The molecule has 0 radical (unpaired) electrons.